The summed E-state index contributed by atoms with van der Waals surface area (Å²) in [6.07, 6.45) is -1.10. The molecule has 0 spiro atoms. The van der Waals surface area contributed by atoms with E-state index < -0.39 is 12.8 Å². The molecule has 5 nitrogen and oxygen atoms in total. The Morgan fingerprint density at radius 2 is 2.22 bits per heavy atom. The lowest BCUT2D eigenvalue weighted by Crippen LogP contribution is -2.24. The maximum atomic E-state index is 11.8. The topological polar surface area (TPSA) is 51.5 Å². The molecule has 0 bridgehead atoms. The lowest BCUT2D eigenvalue weighted by molar-refractivity contribution is -0.190. The summed E-state index contributed by atoms with van der Waals surface area (Å²) < 4.78 is 37.0. The van der Waals surface area contributed by atoms with Gasteiger partial charge in [-0.3, -0.25) is 4.84 Å². The summed E-state index contributed by atoms with van der Waals surface area (Å²) in [5, 5.41) is 4.15. The third-order valence-electron chi connectivity index (χ3n) is 2.10. The Morgan fingerprint density at radius 3 is 2.94 bits per heavy atom. The molecule has 18 heavy (non-hydrogen) atoms. The van der Waals surface area contributed by atoms with Gasteiger partial charge in [-0.25, -0.2) is 9.50 Å². The van der Waals surface area contributed by atoms with E-state index in [9.17, 15) is 13.2 Å². The minimum Gasteiger partial charge on any atom is -0.292 e. The quantitative estimate of drug-likeness (QED) is 0.670. The third kappa shape index (κ3) is 3.41. The molecule has 8 heteroatoms. The Hall–Kier alpha value is -1.67. The third-order valence-corrected chi connectivity index (χ3v) is 2.10. The number of aromatic nitrogens is 3. The van der Waals surface area contributed by atoms with Crippen LogP contribution in [0.25, 0.3) is 5.65 Å². The van der Waals surface area contributed by atoms with Crippen LogP contribution >= 0.6 is 0 Å². The van der Waals surface area contributed by atoms with Crippen LogP contribution in [-0.4, -0.2) is 27.4 Å². The standard InChI is InChI=1S/C10H11F3N4O/c1-7-2-9-14-3-8(5-17(9)16-7)4-15-18-6-10(11,12)13/h2-3,5,15H,4,6H2,1H3. The number of nitrogens with zero attached hydrogens (tertiary/aromatic N) is 3. The first-order valence-corrected chi connectivity index (χ1v) is 5.16. The van der Waals surface area contributed by atoms with E-state index in [2.05, 4.69) is 20.4 Å². The summed E-state index contributed by atoms with van der Waals surface area (Å²) in [6, 6.07) is 1.80. The smallest absolute Gasteiger partial charge is 0.292 e. The minimum absolute atomic E-state index is 0.123. The van der Waals surface area contributed by atoms with Crippen molar-refractivity contribution in [3.05, 3.63) is 29.7 Å². The SMILES string of the molecule is Cc1cc2ncc(CNOCC(F)(F)F)cn2n1. The van der Waals surface area contributed by atoms with Gasteiger partial charge in [0.1, 0.15) is 0 Å². The number of hydrogen-bond donors (Lipinski definition) is 1. The van der Waals surface area contributed by atoms with Crippen molar-refractivity contribution < 1.29 is 18.0 Å². The van der Waals surface area contributed by atoms with Gasteiger partial charge < -0.3 is 0 Å². The predicted molar refractivity (Wildman–Crippen MR) is 56.6 cm³/mol. The van der Waals surface area contributed by atoms with Gasteiger partial charge in [-0.05, 0) is 6.92 Å². The van der Waals surface area contributed by atoms with Crippen LogP contribution in [0.15, 0.2) is 18.5 Å². The van der Waals surface area contributed by atoms with Gasteiger partial charge in [0.25, 0.3) is 0 Å². The maximum absolute atomic E-state index is 11.8. The molecule has 0 amide bonds. The molecule has 98 valence electrons. The Labute approximate surface area is 101 Å². The molecule has 2 aromatic heterocycles. The summed E-state index contributed by atoms with van der Waals surface area (Å²) in [5.41, 5.74) is 4.41. The molecular weight excluding hydrogens is 249 g/mol. The molecule has 2 aromatic rings. The summed E-state index contributed by atoms with van der Waals surface area (Å²) >= 11 is 0. The highest BCUT2D eigenvalue weighted by molar-refractivity contribution is 5.38. The van der Waals surface area contributed by atoms with Gasteiger partial charge in [0.15, 0.2) is 12.3 Å². The molecule has 0 aliphatic rings. The number of hydrogen-bond acceptors (Lipinski definition) is 4. The molecule has 0 aliphatic carbocycles. The van der Waals surface area contributed by atoms with Crippen molar-refractivity contribution in [2.75, 3.05) is 6.61 Å². The fraction of sp³-hybridized carbons (Fsp3) is 0.400. The van der Waals surface area contributed by atoms with Gasteiger partial charge in [-0.1, -0.05) is 0 Å². The maximum Gasteiger partial charge on any atom is 0.413 e. The highest BCUT2D eigenvalue weighted by Gasteiger charge is 2.27. The number of halogens is 3. The fourth-order valence-corrected chi connectivity index (χ4v) is 1.39. The molecule has 2 heterocycles. The predicted octanol–water partition coefficient (Wildman–Crippen LogP) is 1.62. The van der Waals surface area contributed by atoms with Gasteiger partial charge in [0, 0.05) is 30.6 Å². The van der Waals surface area contributed by atoms with Crippen molar-refractivity contribution in [2.24, 2.45) is 0 Å². The van der Waals surface area contributed by atoms with Crippen LogP contribution in [0.2, 0.25) is 0 Å². The average molecular weight is 260 g/mol. The van der Waals surface area contributed by atoms with E-state index in [1.165, 1.54) is 0 Å². The number of nitrogens with one attached hydrogen (secondary N) is 1. The molecule has 0 radical (unpaired) electrons. The molecule has 0 atom stereocenters. The molecule has 2 rings (SSSR count). The second-order valence-electron chi connectivity index (χ2n) is 3.78. The summed E-state index contributed by atoms with van der Waals surface area (Å²) in [6.45, 7) is 0.626. The van der Waals surface area contributed by atoms with Crippen molar-refractivity contribution in [3.63, 3.8) is 0 Å². The van der Waals surface area contributed by atoms with Crippen molar-refractivity contribution in [1.29, 1.82) is 0 Å². The van der Waals surface area contributed by atoms with Crippen LogP contribution in [0.1, 0.15) is 11.3 Å². The Balaban J connectivity index is 1.91. The number of aryl methyl sites for hydroxylation is 1. The molecular formula is C10H11F3N4O. The van der Waals surface area contributed by atoms with Crippen LogP contribution in [-0.2, 0) is 11.4 Å². The van der Waals surface area contributed by atoms with Gasteiger partial charge in [0.05, 0.1) is 5.69 Å². The Morgan fingerprint density at radius 1 is 1.44 bits per heavy atom. The van der Waals surface area contributed by atoms with E-state index >= 15 is 0 Å². The van der Waals surface area contributed by atoms with Gasteiger partial charge >= 0.3 is 6.18 Å². The monoisotopic (exact) mass is 260 g/mol. The van der Waals surface area contributed by atoms with Crippen LogP contribution in [0.3, 0.4) is 0 Å². The fourth-order valence-electron chi connectivity index (χ4n) is 1.39. The first kappa shape index (κ1) is 12.8. The molecule has 0 unspecified atom stereocenters. The first-order valence-electron chi connectivity index (χ1n) is 5.16. The molecule has 0 aliphatic heterocycles. The highest BCUT2D eigenvalue weighted by Crippen LogP contribution is 2.13. The van der Waals surface area contributed by atoms with E-state index in [1.54, 1.807) is 23.0 Å². The van der Waals surface area contributed by atoms with Crippen molar-refractivity contribution in [1.82, 2.24) is 20.1 Å². The molecule has 1 N–H and O–H groups in total. The van der Waals surface area contributed by atoms with Crippen LogP contribution < -0.4 is 5.48 Å². The molecule has 0 saturated carbocycles. The zero-order valence-corrected chi connectivity index (χ0v) is 9.53. The normalized spacial score (nSPS) is 12.2. The molecule has 0 aromatic carbocycles. The van der Waals surface area contributed by atoms with Crippen molar-refractivity contribution in [3.8, 4) is 0 Å². The zero-order valence-electron chi connectivity index (χ0n) is 9.53. The second-order valence-corrected chi connectivity index (χ2v) is 3.78. The van der Waals surface area contributed by atoms with Gasteiger partial charge in [-0.15, -0.1) is 0 Å². The largest absolute Gasteiger partial charge is 0.413 e. The van der Waals surface area contributed by atoms with E-state index in [4.69, 9.17) is 0 Å². The summed E-state index contributed by atoms with van der Waals surface area (Å²) in [5.74, 6) is 0. The van der Waals surface area contributed by atoms with E-state index in [1.807, 2.05) is 6.92 Å². The van der Waals surface area contributed by atoms with E-state index in [0.717, 1.165) is 5.69 Å². The lowest BCUT2D eigenvalue weighted by atomic mass is 10.3. The summed E-state index contributed by atoms with van der Waals surface area (Å²) in [4.78, 5) is 8.40. The summed E-state index contributed by atoms with van der Waals surface area (Å²) in [7, 11) is 0. The number of alkyl halides is 3. The average Bonchev–Trinajstić information content (AvgIpc) is 2.62. The Bertz CT molecular complexity index is 537. The second kappa shape index (κ2) is 4.91. The lowest BCUT2D eigenvalue weighted by Gasteiger charge is -2.08. The van der Waals surface area contributed by atoms with Crippen LogP contribution in [0.4, 0.5) is 13.2 Å². The van der Waals surface area contributed by atoms with Crippen LogP contribution in [0.5, 0.6) is 0 Å². The highest BCUT2D eigenvalue weighted by atomic mass is 19.4. The van der Waals surface area contributed by atoms with Gasteiger partial charge in [0.2, 0.25) is 0 Å². The minimum atomic E-state index is -4.34. The number of fused-ring (bicyclic) bond motifs is 1. The van der Waals surface area contributed by atoms with Crippen LogP contribution in [0, 0.1) is 6.92 Å². The van der Waals surface area contributed by atoms with Crippen molar-refractivity contribution in [2.45, 2.75) is 19.6 Å². The number of hydroxylamine groups is 1. The van der Waals surface area contributed by atoms with Crippen molar-refractivity contribution >= 4 is 5.65 Å². The molecule has 0 fully saturated rings. The number of rotatable bonds is 4. The first-order chi connectivity index (χ1) is 8.44. The van der Waals surface area contributed by atoms with Gasteiger partial charge in [-0.2, -0.15) is 23.8 Å². The Kier molecular flexibility index (Phi) is 3.48. The van der Waals surface area contributed by atoms with E-state index in [0.29, 0.717) is 11.2 Å². The molecule has 0 saturated heterocycles. The van der Waals surface area contributed by atoms with E-state index in [-0.39, 0.29) is 6.54 Å². The zero-order chi connectivity index (χ0) is 13.2.